The Bertz CT molecular complexity index is 1120. The summed E-state index contributed by atoms with van der Waals surface area (Å²) < 4.78 is 14.8. The van der Waals surface area contributed by atoms with Gasteiger partial charge in [0.15, 0.2) is 0 Å². The molecule has 0 fully saturated rings. The monoisotopic (exact) mass is 361 g/mol. The lowest BCUT2D eigenvalue weighted by Gasteiger charge is -2.07. The van der Waals surface area contributed by atoms with Gasteiger partial charge < -0.3 is 5.32 Å². The van der Waals surface area contributed by atoms with Crippen LogP contribution in [0.4, 0.5) is 4.39 Å². The van der Waals surface area contributed by atoms with Crippen molar-refractivity contribution in [3.05, 3.63) is 84.0 Å². The molecule has 4 rings (SSSR count). The van der Waals surface area contributed by atoms with Crippen LogP contribution in [0.5, 0.6) is 0 Å². The molecular weight excluding hydrogens is 345 g/mol. The smallest absolute Gasteiger partial charge is 0.270 e. The van der Waals surface area contributed by atoms with Gasteiger partial charge in [0.05, 0.1) is 23.6 Å². The first-order valence-electron chi connectivity index (χ1n) is 8.40. The van der Waals surface area contributed by atoms with E-state index in [1.807, 2.05) is 24.4 Å². The molecule has 27 heavy (non-hydrogen) atoms. The van der Waals surface area contributed by atoms with Crippen LogP contribution in [0.15, 0.2) is 61.1 Å². The molecule has 0 spiro atoms. The van der Waals surface area contributed by atoms with Gasteiger partial charge in [-0.1, -0.05) is 6.07 Å². The van der Waals surface area contributed by atoms with Crippen LogP contribution in [0.3, 0.4) is 0 Å². The summed E-state index contributed by atoms with van der Waals surface area (Å²) in [5.41, 5.74) is 3.99. The molecule has 0 radical (unpaired) electrons. The molecule has 3 aromatic heterocycles. The Morgan fingerprint density at radius 3 is 2.78 bits per heavy atom. The molecule has 0 atom stereocenters. The Morgan fingerprint density at radius 1 is 1.15 bits per heavy atom. The number of aromatic nitrogens is 4. The summed E-state index contributed by atoms with van der Waals surface area (Å²) in [6, 6.07) is 13.4. The number of aryl methyl sites for hydroxylation is 1. The number of hydrogen-bond acceptors (Lipinski definition) is 4. The number of fused-ring (bicyclic) bond motifs is 1. The molecule has 7 heteroatoms. The van der Waals surface area contributed by atoms with Gasteiger partial charge in [0.25, 0.3) is 5.91 Å². The highest BCUT2D eigenvalue weighted by Gasteiger charge is 2.16. The first kappa shape index (κ1) is 16.8. The molecule has 4 aromatic rings. The lowest BCUT2D eigenvalue weighted by Crippen LogP contribution is -2.25. The average molecular weight is 361 g/mol. The molecule has 0 aliphatic carbocycles. The molecule has 0 aliphatic heterocycles. The van der Waals surface area contributed by atoms with Crippen LogP contribution in [-0.4, -0.2) is 25.3 Å². The summed E-state index contributed by atoms with van der Waals surface area (Å²) >= 11 is 0. The number of nitrogens with zero attached hydrogens (tertiary/aromatic N) is 4. The summed E-state index contributed by atoms with van der Waals surface area (Å²) in [7, 11) is 0. The third-order valence-electron chi connectivity index (χ3n) is 4.21. The van der Waals surface area contributed by atoms with Crippen LogP contribution in [0.1, 0.15) is 21.9 Å². The number of nitrogens with one attached hydrogen (secondary N) is 1. The summed E-state index contributed by atoms with van der Waals surface area (Å²) in [4.78, 5) is 25.5. The molecule has 0 saturated carbocycles. The van der Waals surface area contributed by atoms with Crippen molar-refractivity contribution in [3.8, 4) is 11.3 Å². The number of imidazole rings is 1. The van der Waals surface area contributed by atoms with Crippen molar-refractivity contribution < 1.29 is 9.18 Å². The molecule has 3 heterocycles. The van der Waals surface area contributed by atoms with Crippen molar-refractivity contribution in [2.45, 2.75) is 13.5 Å². The number of hydrogen-bond donors (Lipinski definition) is 1. The minimum atomic E-state index is -0.302. The van der Waals surface area contributed by atoms with E-state index in [-0.39, 0.29) is 18.3 Å². The summed E-state index contributed by atoms with van der Waals surface area (Å²) in [6.07, 6.45) is 3.24. The fraction of sp³-hybridized carbons (Fsp3) is 0.100. The number of carbonyl (C=O) groups excluding carboxylic acids is 1. The fourth-order valence-corrected chi connectivity index (χ4v) is 2.91. The maximum atomic E-state index is 13.1. The van der Waals surface area contributed by atoms with Crippen LogP contribution in [0.25, 0.3) is 16.9 Å². The van der Waals surface area contributed by atoms with Gasteiger partial charge in [-0.05, 0) is 49.4 Å². The lowest BCUT2D eigenvalue weighted by molar-refractivity contribution is 0.0944. The van der Waals surface area contributed by atoms with Crippen molar-refractivity contribution in [2.24, 2.45) is 0 Å². The van der Waals surface area contributed by atoms with Crippen molar-refractivity contribution in [3.63, 3.8) is 0 Å². The van der Waals surface area contributed by atoms with Gasteiger partial charge >= 0.3 is 0 Å². The number of pyridine rings is 1. The van der Waals surface area contributed by atoms with Gasteiger partial charge in [0.2, 0.25) is 0 Å². The van der Waals surface area contributed by atoms with Gasteiger partial charge in [-0.2, -0.15) is 0 Å². The van der Waals surface area contributed by atoms with E-state index in [0.717, 1.165) is 11.2 Å². The van der Waals surface area contributed by atoms with Gasteiger partial charge in [0, 0.05) is 11.8 Å². The molecule has 0 saturated heterocycles. The number of benzene rings is 1. The van der Waals surface area contributed by atoms with Crippen LogP contribution in [0, 0.1) is 12.7 Å². The third-order valence-corrected chi connectivity index (χ3v) is 4.21. The quantitative estimate of drug-likeness (QED) is 0.606. The predicted molar refractivity (Wildman–Crippen MR) is 98.5 cm³/mol. The van der Waals surface area contributed by atoms with Gasteiger partial charge in [-0.15, -0.1) is 0 Å². The Balaban J connectivity index is 1.53. The van der Waals surface area contributed by atoms with E-state index in [9.17, 15) is 9.18 Å². The van der Waals surface area contributed by atoms with E-state index in [4.69, 9.17) is 0 Å². The second kappa shape index (κ2) is 6.95. The van der Waals surface area contributed by atoms with E-state index >= 15 is 0 Å². The van der Waals surface area contributed by atoms with E-state index in [1.165, 1.54) is 18.5 Å². The predicted octanol–water partition coefficient (Wildman–Crippen LogP) is 3.17. The number of halogens is 1. The largest absolute Gasteiger partial charge is 0.345 e. The third kappa shape index (κ3) is 3.39. The molecule has 0 bridgehead atoms. The minimum Gasteiger partial charge on any atom is -0.345 e. The maximum Gasteiger partial charge on any atom is 0.270 e. The highest BCUT2D eigenvalue weighted by Crippen LogP contribution is 2.17. The Morgan fingerprint density at radius 2 is 1.96 bits per heavy atom. The van der Waals surface area contributed by atoms with Crippen LogP contribution < -0.4 is 5.32 Å². The molecule has 6 nitrogen and oxygen atoms in total. The van der Waals surface area contributed by atoms with Crippen LogP contribution in [0.2, 0.25) is 0 Å². The molecule has 1 N–H and O–H groups in total. The number of amides is 1. The first-order chi connectivity index (χ1) is 13.1. The number of carbonyl (C=O) groups is 1. The Hall–Kier alpha value is -3.61. The van der Waals surface area contributed by atoms with E-state index in [1.54, 1.807) is 29.5 Å². The Labute approximate surface area is 154 Å². The lowest BCUT2D eigenvalue weighted by atomic mass is 10.1. The average Bonchev–Trinajstić information content (AvgIpc) is 3.03. The van der Waals surface area contributed by atoms with Crippen molar-refractivity contribution in [1.29, 1.82) is 0 Å². The summed E-state index contributed by atoms with van der Waals surface area (Å²) in [5.74, 6) is -0.531. The van der Waals surface area contributed by atoms with E-state index in [2.05, 4.69) is 20.3 Å². The molecule has 0 unspecified atom stereocenters. The molecule has 1 aromatic carbocycles. The summed E-state index contributed by atoms with van der Waals surface area (Å²) in [6.45, 7) is 2.05. The van der Waals surface area contributed by atoms with Crippen molar-refractivity contribution >= 4 is 11.6 Å². The Kier molecular flexibility index (Phi) is 4.33. The van der Waals surface area contributed by atoms with E-state index < -0.39 is 0 Å². The molecule has 134 valence electrons. The first-order valence-corrected chi connectivity index (χ1v) is 8.40. The van der Waals surface area contributed by atoms with Crippen molar-refractivity contribution in [1.82, 2.24) is 24.7 Å². The standard InChI is InChI=1S/C20H16FN5O/c1-13-19(26-9-3-2-4-18(26)25-13)20(27)22-11-16-10-17(24-12-23-16)14-5-7-15(21)8-6-14/h2-10,12H,11H2,1H3,(H,22,27). The zero-order chi connectivity index (χ0) is 18.8. The zero-order valence-electron chi connectivity index (χ0n) is 14.6. The fourth-order valence-electron chi connectivity index (χ4n) is 2.91. The maximum absolute atomic E-state index is 13.1. The van der Waals surface area contributed by atoms with Crippen molar-refractivity contribution in [2.75, 3.05) is 0 Å². The molecule has 1 amide bonds. The van der Waals surface area contributed by atoms with Crippen LogP contribution in [-0.2, 0) is 6.54 Å². The van der Waals surface area contributed by atoms with Gasteiger partial charge in [-0.25, -0.2) is 19.3 Å². The number of rotatable bonds is 4. The van der Waals surface area contributed by atoms with Gasteiger partial charge in [-0.3, -0.25) is 9.20 Å². The normalized spacial score (nSPS) is 10.9. The van der Waals surface area contributed by atoms with E-state index in [0.29, 0.717) is 22.8 Å². The SMILES string of the molecule is Cc1nc2ccccn2c1C(=O)NCc1cc(-c2ccc(F)cc2)ncn1. The second-order valence-electron chi connectivity index (χ2n) is 6.06. The molecule has 0 aliphatic rings. The summed E-state index contributed by atoms with van der Waals surface area (Å²) in [5, 5.41) is 2.87. The zero-order valence-corrected chi connectivity index (χ0v) is 14.6. The van der Waals surface area contributed by atoms with Gasteiger partial charge in [0.1, 0.15) is 23.5 Å². The van der Waals surface area contributed by atoms with Crippen LogP contribution >= 0.6 is 0 Å². The molecular formula is C20H16FN5O. The highest BCUT2D eigenvalue weighted by atomic mass is 19.1. The topological polar surface area (TPSA) is 72.2 Å². The second-order valence-corrected chi connectivity index (χ2v) is 6.06. The highest BCUT2D eigenvalue weighted by molar-refractivity contribution is 5.94. The minimum absolute atomic E-state index is 0.229.